The number of amides is 1. The van der Waals surface area contributed by atoms with E-state index in [0.717, 1.165) is 12.8 Å². The van der Waals surface area contributed by atoms with Crippen LogP contribution in [0.15, 0.2) is 42.5 Å². The van der Waals surface area contributed by atoms with Crippen LogP contribution in [-0.4, -0.2) is 25.1 Å². The van der Waals surface area contributed by atoms with Gasteiger partial charge in [-0.15, -0.1) is 0 Å². The highest BCUT2D eigenvalue weighted by atomic mass is 35.5. The van der Waals surface area contributed by atoms with Gasteiger partial charge in [0.1, 0.15) is 5.75 Å². The first kappa shape index (κ1) is 20.1. The standard InChI is InChI=1S/C19H19Cl2NO4/c1-2-3-10-25-19(24)13-4-7-15(8-5-13)22-18(23)12-26-17-11-14(20)6-9-16(17)21/h4-9,11H,2-3,10,12H2,1H3,(H,22,23). The molecule has 0 aliphatic carbocycles. The second kappa shape index (κ2) is 10.0. The molecular formula is C19H19Cl2NO4. The topological polar surface area (TPSA) is 64.6 Å². The average molecular weight is 396 g/mol. The summed E-state index contributed by atoms with van der Waals surface area (Å²) in [5.41, 5.74) is 0.974. The van der Waals surface area contributed by atoms with Gasteiger partial charge in [0.05, 0.1) is 17.2 Å². The molecule has 0 saturated heterocycles. The van der Waals surface area contributed by atoms with Gasteiger partial charge in [0.25, 0.3) is 5.91 Å². The molecule has 2 rings (SSSR count). The number of unbranched alkanes of at least 4 members (excludes halogenated alkanes) is 1. The van der Waals surface area contributed by atoms with Crippen LogP contribution in [0.2, 0.25) is 10.0 Å². The van der Waals surface area contributed by atoms with Crippen molar-refractivity contribution in [3.8, 4) is 5.75 Å². The lowest BCUT2D eigenvalue weighted by molar-refractivity contribution is -0.118. The summed E-state index contributed by atoms with van der Waals surface area (Å²) in [7, 11) is 0. The van der Waals surface area contributed by atoms with Crippen LogP contribution in [0.25, 0.3) is 0 Å². The number of carbonyl (C=O) groups is 2. The molecule has 7 heteroatoms. The zero-order valence-corrected chi connectivity index (χ0v) is 15.8. The summed E-state index contributed by atoms with van der Waals surface area (Å²) >= 11 is 11.8. The van der Waals surface area contributed by atoms with Crippen molar-refractivity contribution in [1.29, 1.82) is 0 Å². The maximum Gasteiger partial charge on any atom is 0.338 e. The van der Waals surface area contributed by atoms with Crippen molar-refractivity contribution < 1.29 is 19.1 Å². The van der Waals surface area contributed by atoms with E-state index < -0.39 is 0 Å². The Bertz CT molecular complexity index is 763. The van der Waals surface area contributed by atoms with E-state index in [1.54, 1.807) is 36.4 Å². The minimum atomic E-state index is -0.379. The summed E-state index contributed by atoms with van der Waals surface area (Å²) < 4.78 is 10.5. The highest BCUT2D eigenvalue weighted by molar-refractivity contribution is 6.34. The van der Waals surface area contributed by atoms with Gasteiger partial charge < -0.3 is 14.8 Å². The van der Waals surface area contributed by atoms with Crippen LogP contribution in [0.1, 0.15) is 30.1 Å². The summed E-state index contributed by atoms with van der Waals surface area (Å²) in [5, 5.41) is 3.51. The maximum absolute atomic E-state index is 12.0. The predicted octanol–water partition coefficient (Wildman–Crippen LogP) is 4.97. The zero-order chi connectivity index (χ0) is 18.9. The molecule has 0 saturated carbocycles. The third-order valence-electron chi connectivity index (χ3n) is 3.39. The smallest absolute Gasteiger partial charge is 0.338 e. The number of halogens is 2. The average Bonchev–Trinajstić information content (AvgIpc) is 2.63. The van der Waals surface area contributed by atoms with Gasteiger partial charge in [0.2, 0.25) is 0 Å². The first-order chi connectivity index (χ1) is 12.5. The molecule has 5 nitrogen and oxygen atoms in total. The van der Waals surface area contributed by atoms with Crippen LogP contribution in [0.5, 0.6) is 5.75 Å². The Labute approximate surface area is 162 Å². The van der Waals surface area contributed by atoms with Crippen molar-refractivity contribution >= 4 is 40.8 Å². The van der Waals surface area contributed by atoms with Gasteiger partial charge in [-0.2, -0.15) is 0 Å². The predicted molar refractivity (Wildman–Crippen MR) is 102 cm³/mol. The molecule has 0 fully saturated rings. The number of hydrogen-bond acceptors (Lipinski definition) is 4. The first-order valence-electron chi connectivity index (χ1n) is 8.14. The molecule has 1 amide bonds. The van der Waals surface area contributed by atoms with Gasteiger partial charge in [-0.3, -0.25) is 4.79 Å². The molecule has 0 atom stereocenters. The van der Waals surface area contributed by atoms with Crippen LogP contribution in [-0.2, 0) is 9.53 Å². The van der Waals surface area contributed by atoms with Crippen LogP contribution in [0.4, 0.5) is 5.69 Å². The molecule has 0 spiro atoms. The third kappa shape index (κ3) is 6.24. The molecule has 138 valence electrons. The van der Waals surface area contributed by atoms with E-state index in [2.05, 4.69) is 5.32 Å². The van der Waals surface area contributed by atoms with E-state index in [1.165, 1.54) is 6.07 Å². The van der Waals surface area contributed by atoms with Gasteiger partial charge in [-0.25, -0.2) is 4.79 Å². The minimum absolute atomic E-state index is 0.221. The second-order valence-electron chi connectivity index (χ2n) is 5.48. The van der Waals surface area contributed by atoms with E-state index in [9.17, 15) is 9.59 Å². The summed E-state index contributed by atoms with van der Waals surface area (Å²) in [4.78, 5) is 23.8. The Hall–Kier alpha value is -2.24. The lowest BCUT2D eigenvalue weighted by Crippen LogP contribution is -2.20. The molecule has 2 aromatic carbocycles. The van der Waals surface area contributed by atoms with Crippen molar-refractivity contribution in [3.05, 3.63) is 58.1 Å². The van der Waals surface area contributed by atoms with Gasteiger partial charge in [-0.1, -0.05) is 36.5 Å². The lowest BCUT2D eigenvalue weighted by Gasteiger charge is -2.09. The Kier molecular flexibility index (Phi) is 7.75. The molecule has 0 radical (unpaired) electrons. The molecule has 0 unspecified atom stereocenters. The van der Waals surface area contributed by atoms with Gasteiger partial charge in [-0.05, 0) is 42.8 Å². The molecular weight excluding hydrogens is 377 g/mol. The zero-order valence-electron chi connectivity index (χ0n) is 14.3. The van der Waals surface area contributed by atoms with Crippen molar-refractivity contribution in [2.24, 2.45) is 0 Å². The van der Waals surface area contributed by atoms with Crippen molar-refractivity contribution in [2.45, 2.75) is 19.8 Å². The van der Waals surface area contributed by atoms with Gasteiger partial charge in [0, 0.05) is 16.8 Å². The number of benzene rings is 2. The van der Waals surface area contributed by atoms with Gasteiger partial charge >= 0.3 is 5.97 Å². The largest absolute Gasteiger partial charge is 0.482 e. The summed E-state index contributed by atoms with van der Waals surface area (Å²) in [6.07, 6.45) is 1.79. The monoisotopic (exact) mass is 395 g/mol. The third-order valence-corrected chi connectivity index (χ3v) is 3.93. The van der Waals surface area contributed by atoms with Crippen LogP contribution >= 0.6 is 23.2 Å². The van der Waals surface area contributed by atoms with E-state index in [0.29, 0.717) is 33.7 Å². The summed E-state index contributed by atoms with van der Waals surface area (Å²) in [6, 6.07) is 11.2. The van der Waals surface area contributed by atoms with E-state index in [4.69, 9.17) is 32.7 Å². The Morgan fingerprint density at radius 3 is 2.50 bits per heavy atom. The molecule has 0 heterocycles. The van der Waals surface area contributed by atoms with Crippen molar-refractivity contribution in [1.82, 2.24) is 0 Å². The molecule has 26 heavy (non-hydrogen) atoms. The van der Waals surface area contributed by atoms with E-state index >= 15 is 0 Å². The minimum Gasteiger partial charge on any atom is -0.482 e. The fourth-order valence-electron chi connectivity index (χ4n) is 2.01. The normalized spacial score (nSPS) is 10.3. The number of esters is 1. The number of ether oxygens (including phenoxy) is 2. The lowest BCUT2D eigenvalue weighted by atomic mass is 10.2. The second-order valence-corrected chi connectivity index (χ2v) is 6.32. The molecule has 0 aromatic heterocycles. The summed E-state index contributed by atoms with van der Waals surface area (Å²) in [5.74, 6) is -0.408. The number of anilines is 1. The molecule has 0 bridgehead atoms. The Morgan fingerprint density at radius 2 is 1.81 bits per heavy atom. The summed E-state index contributed by atoms with van der Waals surface area (Å²) in [6.45, 7) is 2.20. The van der Waals surface area contributed by atoms with Gasteiger partial charge in [0.15, 0.2) is 6.61 Å². The Balaban J connectivity index is 1.85. The first-order valence-corrected chi connectivity index (χ1v) is 8.90. The van der Waals surface area contributed by atoms with Crippen LogP contribution in [0.3, 0.4) is 0 Å². The highest BCUT2D eigenvalue weighted by Gasteiger charge is 2.09. The quantitative estimate of drug-likeness (QED) is 0.506. The molecule has 2 aromatic rings. The number of carbonyl (C=O) groups excluding carboxylic acids is 2. The number of rotatable bonds is 8. The fourth-order valence-corrected chi connectivity index (χ4v) is 2.34. The van der Waals surface area contributed by atoms with Crippen LogP contribution < -0.4 is 10.1 Å². The van der Waals surface area contributed by atoms with E-state index in [1.807, 2.05) is 6.92 Å². The highest BCUT2D eigenvalue weighted by Crippen LogP contribution is 2.27. The van der Waals surface area contributed by atoms with Crippen molar-refractivity contribution in [2.75, 3.05) is 18.5 Å². The number of nitrogens with one attached hydrogen (secondary N) is 1. The molecule has 0 aliphatic heterocycles. The maximum atomic E-state index is 12.0. The van der Waals surface area contributed by atoms with Crippen LogP contribution in [0, 0.1) is 0 Å². The SMILES string of the molecule is CCCCOC(=O)c1ccc(NC(=O)COc2cc(Cl)ccc2Cl)cc1. The molecule has 1 N–H and O–H groups in total. The Morgan fingerprint density at radius 1 is 1.08 bits per heavy atom. The molecule has 0 aliphatic rings. The fraction of sp³-hybridized carbons (Fsp3) is 0.263. The van der Waals surface area contributed by atoms with E-state index in [-0.39, 0.29) is 18.5 Å². The number of hydrogen-bond donors (Lipinski definition) is 1. The van der Waals surface area contributed by atoms with Crippen molar-refractivity contribution in [3.63, 3.8) is 0 Å².